The molecule has 1 aliphatic heterocycles. The SMILES string of the molecule is CC(=O)N1N=C(Cn2nnc3ccccc32)OC1(C)c1ccccc1. The van der Waals surface area contributed by atoms with Crippen LogP contribution in [-0.4, -0.2) is 31.8 Å². The van der Waals surface area contributed by atoms with Crippen molar-refractivity contribution in [3.05, 3.63) is 60.2 Å². The fourth-order valence-electron chi connectivity index (χ4n) is 3.03. The molecule has 1 aliphatic rings. The lowest BCUT2D eigenvalue weighted by atomic mass is 10.0. The molecular formula is C18H17N5O2. The molecule has 2 heterocycles. The van der Waals surface area contributed by atoms with Crippen LogP contribution in [-0.2, 0) is 21.8 Å². The van der Waals surface area contributed by atoms with E-state index in [0.29, 0.717) is 12.4 Å². The highest BCUT2D eigenvalue weighted by atomic mass is 16.6. The highest BCUT2D eigenvalue weighted by Crippen LogP contribution is 2.35. The summed E-state index contributed by atoms with van der Waals surface area (Å²) < 4.78 is 7.81. The van der Waals surface area contributed by atoms with Crippen LogP contribution >= 0.6 is 0 Å². The van der Waals surface area contributed by atoms with Gasteiger partial charge in [0, 0.05) is 19.4 Å². The minimum absolute atomic E-state index is 0.190. The summed E-state index contributed by atoms with van der Waals surface area (Å²) >= 11 is 0. The Hall–Kier alpha value is -3.22. The topological polar surface area (TPSA) is 72.6 Å². The van der Waals surface area contributed by atoms with E-state index in [9.17, 15) is 4.79 Å². The molecular weight excluding hydrogens is 318 g/mol. The maximum Gasteiger partial charge on any atom is 0.243 e. The molecule has 0 bridgehead atoms. The molecule has 7 heteroatoms. The van der Waals surface area contributed by atoms with Gasteiger partial charge in [-0.05, 0) is 12.1 Å². The number of nitrogens with zero attached hydrogens (tertiary/aromatic N) is 5. The van der Waals surface area contributed by atoms with Crippen LogP contribution in [0.2, 0.25) is 0 Å². The average Bonchev–Trinajstić information content (AvgIpc) is 3.18. The largest absolute Gasteiger partial charge is 0.445 e. The van der Waals surface area contributed by atoms with Crippen molar-refractivity contribution in [2.75, 3.05) is 0 Å². The van der Waals surface area contributed by atoms with E-state index in [1.54, 1.807) is 4.68 Å². The summed E-state index contributed by atoms with van der Waals surface area (Å²) in [6.45, 7) is 3.61. The van der Waals surface area contributed by atoms with Crippen molar-refractivity contribution in [2.45, 2.75) is 26.1 Å². The number of fused-ring (bicyclic) bond motifs is 1. The number of amides is 1. The molecule has 0 radical (unpaired) electrons. The molecule has 4 rings (SSSR count). The zero-order valence-electron chi connectivity index (χ0n) is 14.0. The van der Waals surface area contributed by atoms with Crippen LogP contribution in [0.3, 0.4) is 0 Å². The first-order valence-electron chi connectivity index (χ1n) is 7.99. The summed E-state index contributed by atoms with van der Waals surface area (Å²) in [6, 6.07) is 17.2. The van der Waals surface area contributed by atoms with Crippen LogP contribution in [0.1, 0.15) is 19.4 Å². The molecule has 1 atom stereocenters. The van der Waals surface area contributed by atoms with Crippen molar-refractivity contribution >= 4 is 22.8 Å². The Kier molecular flexibility index (Phi) is 3.49. The summed E-state index contributed by atoms with van der Waals surface area (Å²) in [4.78, 5) is 12.1. The van der Waals surface area contributed by atoms with Crippen molar-refractivity contribution in [1.82, 2.24) is 20.0 Å². The molecule has 7 nitrogen and oxygen atoms in total. The zero-order chi connectivity index (χ0) is 17.4. The number of para-hydroxylation sites is 1. The maximum absolute atomic E-state index is 12.1. The van der Waals surface area contributed by atoms with Gasteiger partial charge in [0.25, 0.3) is 0 Å². The van der Waals surface area contributed by atoms with Crippen LogP contribution in [0.4, 0.5) is 0 Å². The second-order valence-electron chi connectivity index (χ2n) is 6.01. The lowest BCUT2D eigenvalue weighted by molar-refractivity contribution is -0.146. The van der Waals surface area contributed by atoms with Crippen molar-refractivity contribution in [1.29, 1.82) is 0 Å². The summed E-state index contributed by atoms with van der Waals surface area (Å²) in [5, 5.41) is 14.0. The number of hydrogen-bond donors (Lipinski definition) is 0. The number of hydrogen-bond acceptors (Lipinski definition) is 5. The summed E-state index contributed by atoms with van der Waals surface area (Å²) in [7, 11) is 0. The monoisotopic (exact) mass is 335 g/mol. The third kappa shape index (κ3) is 2.53. The zero-order valence-corrected chi connectivity index (χ0v) is 14.0. The quantitative estimate of drug-likeness (QED) is 0.737. The van der Waals surface area contributed by atoms with E-state index in [1.165, 1.54) is 11.9 Å². The van der Waals surface area contributed by atoms with E-state index in [0.717, 1.165) is 16.6 Å². The van der Waals surface area contributed by atoms with E-state index < -0.39 is 5.72 Å². The van der Waals surface area contributed by atoms with Crippen molar-refractivity contribution in [3.8, 4) is 0 Å². The smallest absolute Gasteiger partial charge is 0.243 e. The first-order chi connectivity index (χ1) is 12.1. The van der Waals surface area contributed by atoms with Gasteiger partial charge in [-0.1, -0.05) is 47.7 Å². The van der Waals surface area contributed by atoms with E-state index in [-0.39, 0.29) is 5.91 Å². The first kappa shape index (κ1) is 15.3. The van der Waals surface area contributed by atoms with Gasteiger partial charge in [0.1, 0.15) is 12.1 Å². The van der Waals surface area contributed by atoms with E-state index >= 15 is 0 Å². The maximum atomic E-state index is 12.1. The van der Waals surface area contributed by atoms with Gasteiger partial charge in [-0.2, -0.15) is 5.01 Å². The Morgan fingerprint density at radius 3 is 2.60 bits per heavy atom. The molecule has 126 valence electrons. The van der Waals surface area contributed by atoms with E-state index in [2.05, 4.69) is 15.4 Å². The number of rotatable bonds is 3. The number of carbonyl (C=O) groups excluding carboxylic acids is 1. The lowest BCUT2D eigenvalue weighted by Gasteiger charge is -2.31. The minimum atomic E-state index is -0.973. The fourth-order valence-corrected chi connectivity index (χ4v) is 3.03. The first-order valence-corrected chi connectivity index (χ1v) is 7.99. The van der Waals surface area contributed by atoms with Gasteiger partial charge >= 0.3 is 0 Å². The van der Waals surface area contributed by atoms with Gasteiger partial charge in [-0.3, -0.25) is 4.79 Å². The van der Waals surface area contributed by atoms with E-state index in [1.807, 2.05) is 61.5 Å². The molecule has 0 saturated heterocycles. The lowest BCUT2D eigenvalue weighted by Crippen LogP contribution is -2.41. The van der Waals surface area contributed by atoms with Gasteiger partial charge in [-0.25, -0.2) is 4.68 Å². The third-order valence-electron chi connectivity index (χ3n) is 4.25. The summed E-state index contributed by atoms with van der Waals surface area (Å²) in [5.74, 6) is 0.224. The predicted octanol–water partition coefficient (Wildman–Crippen LogP) is 2.50. The van der Waals surface area contributed by atoms with Gasteiger partial charge in [0.15, 0.2) is 0 Å². The molecule has 25 heavy (non-hydrogen) atoms. The highest BCUT2D eigenvalue weighted by molar-refractivity contribution is 5.84. The van der Waals surface area contributed by atoms with Crippen molar-refractivity contribution < 1.29 is 9.53 Å². The predicted molar refractivity (Wildman–Crippen MR) is 92.4 cm³/mol. The minimum Gasteiger partial charge on any atom is -0.445 e. The second kappa shape index (κ2) is 5.70. The Balaban J connectivity index is 1.67. The van der Waals surface area contributed by atoms with Gasteiger partial charge in [0.05, 0.1) is 5.52 Å². The van der Waals surface area contributed by atoms with Crippen LogP contribution in [0.25, 0.3) is 11.0 Å². The fraction of sp³-hybridized carbons (Fsp3) is 0.222. The Morgan fingerprint density at radius 2 is 1.84 bits per heavy atom. The van der Waals surface area contributed by atoms with Gasteiger partial charge in [-0.15, -0.1) is 10.2 Å². The van der Waals surface area contributed by atoms with Gasteiger partial charge in [0.2, 0.25) is 17.5 Å². The Labute approximate surface area is 144 Å². The standard InChI is InChI=1S/C18H17N5O2/c1-13(24)23-18(2,14-8-4-3-5-9-14)25-17(20-23)12-22-16-11-7-6-10-15(16)19-21-22/h3-11H,12H2,1-2H3. The highest BCUT2D eigenvalue weighted by Gasteiger charge is 2.44. The molecule has 0 aliphatic carbocycles. The van der Waals surface area contributed by atoms with Crippen LogP contribution in [0.5, 0.6) is 0 Å². The Bertz CT molecular complexity index is 966. The van der Waals surface area contributed by atoms with Gasteiger partial charge < -0.3 is 4.74 Å². The molecule has 0 fully saturated rings. The van der Waals surface area contributed by atoms with Crippen LogP contribution < -0.4 is 0 Å². The number of hydrazone groups is 1. The molecule has 0 spiro atoms. The Morgan fingerprint density at radius 1 is 1.12 bits per heavy atom. The third-order valence-corrected chi connectivity index (χ3v) is 4.25. The molecule has 1 unspecified atom stereocenters. The number of ether oxygens (including phenoxy) is 1. The van der Waals surface area contributed by atoms with Crippen molar-refractivity contribution in [3.63, 3.8) is 0 Å². The molecule has 0 N–H and O–H groups in total. The van der Waals surface area contributed by atoms with Crippen LogP contribution in [0.15, 0.2) is 59.7 Å². The molecule has 1 amide bonds. The summed E-state index contributed by atoms with van der Waals surface area (Å²) in [6.07, 6.45) is 0. The average molecular weight is 335 g/mol. The number of aromatic nitrogens is 3. The number of carbonyl (C=O) groups is 1. The molecule has 1 aromatic heterocycles. The number of benzene rings is 2. The normalized spacial score (nSPS) is 19.8. The molecule has 2 aromatic carbocycles. The molecule has 0 saturated carbocycles. The molecule has 3 aromatic rings. The van der Waals surface area contributed by atoms with Crippen LogP contribution in [0, 0.1) is 0 Å². The van der Waals surface area contributed by atoms with Crippen molar-refractivity contribution in [2.24, 2.45) is 5.10 Å². The second-order valence-corrected chi connectivity index (χ2v) is 6.01. The summed E-state index contributed by atoms with van der Waals surface area (Å²) in [5.41, 5.74) is 1.57. The van der Waals surface area contributed by atoms with E-state index in [4.69, 9.17) is 4.74 Å².